The third-order valence-electron chi connectivity index (χ3n) is 2.18. The van der Waals surface area contributed by atoms with Crippen molar-refractivity contribution < 1.29 is 4.74 Å². The van der Waals surface area contributed by atoms with Crippen molar-refractivity contribution in [1.29, 1.82) is 0 Å². The summed E-state index contributed by atoms with van der Waals surface area (Å²) in [5.41, 5.74) is 0. The van der Waals surface area contributed by atoms with E-state index in [0.717, 1.165) is 18.9 Å². The first-order valence-electron chi connectivity index (χ1n) is 4.61. The van der Waals surface area contributed by atoms with Gasteiger partial charge < -0.3 is 4.74 Å². The van der Waals surface area contributed by atoms with E-state index in [2.05, 4.69) is 0 Å². The second-order valence-electron chi connectivity index (χ2n) is 3.17. The van der Waals surface area contributed by atoms with Gasteiger partial charge in [-0.25, -0.2) is 0 Å². The minimum absolute atomic E-state index is 0.574. The molecule has 1 fully saturated rings. The molecule has 0 aromatic carbocycles. The van der Waals surface area contributed by atoms with E-state index in [4.69, 9.17) is 16.3 Å². The van der Waals surface area contributed by atoms with Gasteiger partial charge in [0.15, 0.2) is 0 Å². The number of ether oxygens (including phenoxy) is 1. The molecule has 1 aliphatic heterocycles. The zero-order valence-corrected chi connectivity index (χ0v) is 7.78. The molecule has 0 aromatic heterocycles. The van der Waals surface area contributed by atoms with E-state index in [0.29, 0.717) is 6.10 Å². The van der Waals surface area contributed by atoms with E-state index < -0.39 is 0 Å². The van der Waals surface area contributed by atoms with Crippen LogP contribution in [0.5, 0.6) is 0 Å². The Hall–Kier alpha value is 0.250. The molecule has 1 atom stereocenters. The van der Waals surface area contributed by atoms with Crippen LogP contribution in [0.25, 0.3) is 0 Å². The lowest BCUT2D eigenvalue weighted by molar-refractivity contribution is 0.102. The Morgan fingerprint density at radius 1 is 1.27 bits per heavy atom. The van der Waals surface area contributed by atoms with Gasteiger partial charge >= 0.3 is 0 Å². The number of alkyl halides is 1. The van der Waals surface area contributed by atoms with Crippen LogP contribution in [0.1, 0.15) is 38.5 Å². The number of hydrogen-bond donors (Lipinski definition) is 0. The second kappa shape index (κ2) is 5.84. The van der Waals surface area contributed by atoms with Gasteiger partial charge in [-0.3, -0.25) is 0 Å². The molecule has 1 nitrogen and oxygen atoms in total. The van der Waals surface area contributed by atoms with E-state index in [1.165, 1.54) is 32.1 Å². The first kappa shape index (κ1) is 9.34. The summed E-state index contributed by atoms with van der Waals surface area (Å²) in [5.74, 6) is 0.811. The van der Waals surface area contributed by atoms with Gasteiger partial charge in [-0.05, 0) is 25.7 Å². The summed E-state index contributed by atoms with van der Waals surface area (Å²) in [5, 5.41) is 0. The number of rotatable bonds is 5. The number of unbranched alkanes of at least 4 members (excludes halogenated alkanes) is 2. The van der Waals surface area contributed by atoms with Gasteiger partial charge in [-0.2, -0.15) is 0 Å². The number of hydrogen-bond acceptors (Lipinski definition) is 1. The largest absolute Gasteiger partial charge is 0.378 e. The second-order valence-corrected chi connectivity index (χ2v) is 3.55. The summed E-state index contributed by atoms with van der Waals surface area (Å²) in [6, 6.07) is 0. The van der Waals surface area contributed by atoms with Crippen LogP contribution in [0.3, 0.4) is 0 Å². The van der Waals surface area contributed by atoms with E-state index in [1.54, 1.807) is 0 Å². The van der Waals surface area contributed by atoms with E-state index >= 15 is 0 Å². The maximum absolute atomic E-state index is 5.57. The van der Waals surface area contributed by atoms with Crippen LogP contribution in [-0.4, -0.2) is 18.6 Å². The molecule has 1 rings (SSSR count). The van der Waals surface area contributed by atoms with Gasteiger partial charge in [0.1, 0.15) is 0 Å². The smallest absolute Gasteiger partial charge is 0.0576 e. The van der Waals surface area contributed by atoms with Crippen LogP contribution in [0.4, 0.5) is 0 Å². The van der Waals surface area contributed by atoms with Gasteiger partial charge in [-0.15, -0.1) is 11.6 Å². The Balaban J connectivity index is 1.86. The van der Waals surface area contributed by atoms with Crippen molar-refractivity contribution in [1.82, 2.24) is 0 Å². The fourth-order valence-electron chi connectivity index (χ4n) is 1.52. The predicted octanol–water partition coefficient (Wildman–Crippen LogP) is 2.96. The monoisotopic (exact) mass is 176 g/mol. The average molecular weight is 177 g/mol. The average Bonchev–Trinajstić information content (AvgIpc) is 2.50. The predicted molar refractivity (Wildman–Crippen MR) is 48.2 cm³/mol. The summed E-state index contributed by atoms with van der Waals surface area (Å²) in [7, 11) is 0. The molecule has 1 heterocycles. The third-order valence-corrected chi connectivity index (χ3v) is 2.45. The highest BCUT2D eigenvalue weighted by molar-refractivity contribution is 6.17. The molecule has 1 unspecified atom stereocenters. The summed E-state index contributed by atoms with van der Waals surface area (Å²) < 4.78 is 5.50. The molecule has 0 bridgehead atoms. The summed E-state index contributed by atoms with van der Waals surface area (Å²) in [4.78, 5) is 0. The molecule has 1 saturated heterocycles. The molecule has 0 aliphatic carbocycles. The molecular formula is C9H17ClO. The van der Waals surface area contributed by atoms with Crippen molar-refractivity contribution in [2.75, 3.05) is 12.5 Å². The molecule has 1 aliphatic rings. The topological polar surface area (TPSA) is 9.23 Å². The summed E-state index contributed by atoms with van der Waals surface area (Å²) in [6.45, 7) is 0.986. The summed E-state index contributed by atoms with van der Waals surface area (Å²) in [6.07, 6.45) is 8.08. The lowest BCUT2D eigenvalue weighted by atomic mass is 10.1. The van der Waals surface area contributed by atoms with Gasteiger partial charge in [-0.1, -0.05) is 12.8 Å². The Labute approximate surface area is 74.1 Å². The maximum atomic E-state index is 5.57. The van der Waals surface area contributed by atoms with Crippen molar-refractivity contribution in [3.05, 3.63) is 0 Å². The highest BCUT2D eigenvalue weighted by Crippen LogP contribution is 2.17. The fraction of sp³-hybridized carbons (Fsp3) is 1.00. The van der Waals surface area contributed by atoms with Crippen molar-refractivity contribution in [2.45, 2.75) is 44.6 Å². The minimum atomic E-state index is 0.574. The highest BCUT2D eigenvalue weighted by atomic mass is 35.5. The Kier molecular flexibility index (Phi) is 4.96. The zero-order chi connectivity index (χ0) is 7.94. The molecule has 66 valence electrons. The first-order chi connectivity index (χ1) is 5.43. The van der Waals surface area contributed by atoms with E-state index in [-0.39, 0.29) is 0 Å². The highest BCUT2D eigenvalue weighted by Gasteiger charge is 2.13. The molecule has 0 saturated carbocycles. The van der Waals surface area contributed by atoms with Gasteiger partial charge in [0, 0.05) is 12.5 Å². The molecule has 2 heteroatoms. The van der Waals surface area contributed by atoms with Crippen molar-refractivity contribution in [3.8, 4) is 0 Å². The van der Waals surface area contributed by atoms with Gasteiger partial charge in [0.25, 0.3) is 0 Å². The van der Waals surface area contributed by atoms with Crippen LogP contribution in [-0.2, 0) is 4.74 Å². The molecule has 0 N–H and O–H groups in total. The maximum Gasteiger partial charge on any atom is 0.0576 e. The summed E-state index contributed by atoms with van der Waals surface area (Å²) >= 11 is 5.57. The quantitative estimate of drug-likeness (QED) is 0.462. The van der Waals surface area contributed by atoms with Crippen LogP contribution in [0, 0.1) is 0 Å². The Morgan fingerprint density at radius 2 is 2.18 bits per heavy atom. The lowest BCUT2D eigenvalue weighted by Gasteiger charge is -2.07. The molecular weight excluding hydrogens is 160 g/mol. The normalized spacial score (nSPS) is 24.3. The standard InChI is InChI=1S/C9H17ClO/c10-7-3-1-2-5-9-6-4-8-11-9/h9H,1-8H2. The Morgan fingerprint density at radius 3 is 2.82 bits per heavy atom. The van der Waals surface area contributed by atoms with Crippen LogP contribution in [0.15, 0.2) is 0 Å². The minimum Gasteiger partial charge on any atom is -0.378 e. The fourth-order valence-corrected chi connectivity index (χ4v) is 1.70. The Bertz CT molecular complexity index is 89.6. The van der Waals surface area contributed by atoms with Crippen LogP contribution in [0.2, 0.25) is 0 Å². The zero-order valence-electron chi connectivity index (χ0n) is 7.02. The van der Waals surface area contributed by atoms with Gasteiger partial charge in [0.2, 0.25) is 0 Å². The van der Waals surface area contributed by atoms with E-state index in [1.807, 2.05) is 0 Å². The van der Waals surface area contributed by atoms with Crippen molar-refractivity contribution in [3.63, 3.8) is 0 Å². The molecule has 0 radical (unpaired) electrons. The van der Waals surface area contributed by atoms with Crippen molar-refractivity contribution >= 4 is 11.6 Å². The molecule has 0 aromatic rings. The number of halogens is 1. The SMILES string of the molecule is ClCCCCCC1CCCO1. The van der Waals surface area contributed by atoms with Gasteiger partial charge in [0.05, 0.1) is 6.10 Å². The lowest BCUT2D eigenvalue weighted by Crippen LogP contribution is -2.03. The molecule has 0 amide bonds. The third kappa shape index (κ3) is 3.97. The van der Waals surface area contributed by atoms with E-state index in [9.17, 15) is 0 Å². The van der Waals surface area contributed by atoms with Crippen LogP contribution < -0.4 is 0 Å². The van der Waals surface area contributed by atoms with Crippen LogP contribution >= 0.6 is 11.6 Å². The molecule has 11 heavy (non-hydrogen) atoms. The molecule has 0 spiro atoms. The van der Waals surface area contributed by atoms with Crippen molar-refractivity contribution in [2.24, 2.45) is 0 Å². The first-order valence-corrected chi connectivity index (χ1v) is 5.14.